The van der Waals surface area contributed by atoms with E-state index >= 15 is 0 Å². The van der Waals surface area contributed by atoms with Crippen LogP contribution in [-0.4, -0.2) is 17.9 Å². The van der Waals surface area contributed by atoms with Crippen molar-refractivity contribution in [1.29, 1.82) is 0 Å². The van der Waals surface area contributed by atoms with Gasteiger partial charge in [0.2, 0.25) is 11.8 Å². The molecule has 118 valence electrons. The second kappa shape index (κ2) is 5.41. The Balaban J connectivity index is 1.62. The molecule has 2 saturated carbocycles. The molecule has 4 nitrogen and oxygen atoms in total. The standard InChI is InChI=1S/C18H24N2O2/c1-18(2,3)14-6-4-5-7-15(14)20-17(22)13-10-12(13)16(21)19-11-8-9-11/h4-7,11-13H,8-10H2,1-3H3,(H,19,21)(H,20,22). The van der Waals surface area contributed by atoms with E-state index in [2.05, 4.69) is 31.4 Å². The van der Waals surface area contributed by atoms with Crippen LogP contribution in [0, 0.1) is 11.8 Å². The highest BCUT2D eigenvalue weighted by atomic mass is 16.2. The summed E-state index contributed by atoms with van der Waals surface area (Å²) in [7, 11) is 0. The largest absolute Gasteiger partial charge is 0.353 e. The Morgan fingerprint density at radius 1 is 1.05 bits per heavy atom. The van der Waals surface area contributed by atoms with E-state index in [9.17, 15) is 9.59 Å². The van der Waals surface area contributed by atoms with Crippen LogP contribution < -0.4 is 10.6 Å². The number of hydrogen-bond acceptors (Lipinski definition) is 2. The maximum atomic E-state index is 12.4. The minimum atomic E-state index is -0.174. The number of benzene rings is 1. The zero-order valence-electron chi connectivity index (χ0n) is 13.5. The van der Waals surface area contributed by atoms with E-state index in [1.165, 1.54) is 0 Å². The van der Waals surface area contributed by atoms with Gasteiger partial charge in [0.05, 0.1) is 11.8 Å². The predicted octanol–water partition coefficient (Wildman–Crippen LogP) is 2.84. The first-order chi connectivity index (χ1) is 10.4. The molecule has 2 aliphatic rings. The lowest BCUT2D eigenvalue weighted by atomic mass is 9.86. The highest BCUT2D eigenvalue weighted by Gasteiger charge is 2.49. The summed E-state index contributed by atoms with van der Waals surface area (Å²) in [5, 5.41) is 6.00. The van der Waals surface area contributed by atoms with Crippen molar-refractivity contribution in [2.45, 2.75) is 51.5 Å². The lowest BCUT2D eigenvalue weighted by Crippen LogP contribution is -2.29. The smallest absolute Gasteiger partial charge is 0.228 e. The average molecular weight is 300 g/mol. The van der Waals surface area contributed by atoms with Crippen molar-refractivity contribution in [1.82, 2.24) is 5.32 Å². The third-order valence-corrected chi connectivity index (χ3v) is 4.38. The second-order valence-electron chi connectivity index (χ2n) is 7.52. The maximum Gasteiger partial charge on any atom is 0.228 e. The molecule has 2 fully saturated rings. The summed E-state index contributed by atoms with van der Waals surface area (Å²) >= 11 is 0. The molecule has 4 heteroatoms. The van der Waals surface area contributed by atoms with Crippen LogP contribution in [0.4, 0.5) is 5.69 Å². The Bertz CT molecular complexity index is 599. The van der Waals surface area contributed by atoms with Gasteiger partial charge in [-0.15, -0.1) is 0 Å². The molecule has 22 heavy (non-hydrogen) atoms. The van der Waals surface area contributed by atoms with Crippen molar-refractivity contribution in [3.63, 3.8) is 0 Å². The van der Waals surface area contributed by atoms with E-state index in [1.807, 2.05) is 24.3 Å². The first-order valence-electron chi connectivity index (χ1n) is 8.07. The van der Waals surface area contributed by atoms with Crippen molar-refractivity contribution in [2.24, 2.45) is 11.8 Å². The van der Waals surface area contributed by atoms with Crippen LogP contribution in [0.25, 0.3) is 0 Å². The first-order valence-corrected chi connectivity index (χ1v) is 8.07. The molecule has 2 amide bonds. The zero-order chi connectivity index (χ0) is 15.9. The Morgan fingerprint density at radius 2 is 1.68 bits per heavy atom. The van der Waals surface area contributed by atoms with Crippen molar-refractivity contribution >= 4 is 17.5 Å². The molecule has 2 aliphatic carbocycles. The lowest BCUT2D eigenvalue weighted by molar-refractivity contribution is -0.125. The Labute approximate surface area is 131 Å². The molecule has 0 heterocycles. The summed E-state index contributed by atoms with van der Waals surface area (Å²) in [4.78, 5) is 24.3. The Morgan fingerprint density at radius 3 is 2.32 bits per heavy atom. The van der Waals surface area contributed by atoms with Gasteiger partial charge < -0.3 is 10.6 Å². The van der Waals surface area contributed by atoms with E-state index in [1.54, 1.807) is 0 Å². The van der Waals surface area contributed by atoms with Gasteiger partial charge in [0.1, 0.15) is 0 Å². The molecule has 0 spiro atoms. The minimum absolute atomic E-state index is 0.0316. The van der Waals surface area contributed by atoms with Gasteiger partial charge in [0, 0.05) is 11.7 Å². The molecule has 2 unspecified atom stereocenters. The first kappa shape index (κ1) is 15.1. The van der Waals surface area contributed by atoms with Gasteiger partial charge in [-0.25, -0.2) is 0 Å². The quantitative estimate of drug-likeness (QED) is 0.898. The molecular weight excluding hydrogens is 276 g/mol. The number of carbonyl (C=O) groups is 2. The molecule has 1 aromatic rings. The molecule has 0 aromatic heterocycles. The number of hydrogen-bond donors (Lipinski definition) is 2. The van der Waals surface area contributed by atoms with Crippen LogP contribution in [0.3, 0.4) is 0 Å². The molecule has 0 aliphatic heterocycles. The molecule has 2 N–H and O–H groups in total. The predicted molar refractivity (Wildman–Crippen MR) is 86.5 cm³/mol. The van der Waals surface area contributed by atoms with E-state index in [4.69, 9.17) is 0 Å². The van der Waals surface area contributed by atoms with Gasteiger partial charge in [-0.2, -0.15) is 0 Å². The number of carbonyl (C=O) groups excluding carboxylic acids is 2. The molecule has 0 bridgehead atoms. The lowest BCUT2D eigenvalue weighted by Gasteiger charge is -2.23. The summed E-state index contributed by atoms with van der Waals surface area (Å²) in [6.45, 7) is 6.38. The van der Waals surface area contributed by atoms with Crippen LogP contribution in [0.15, 0.2) is 24.3 Å². The van der Waals surface area contributed by atoms with Crippen LogP contribution in [-0.2, 0) is 15.0 Å². The fourth-order valence-corrected chi connectivity index (χ4v) is 2.78. The van der Waals surface area contributed by atoms with Crippen molar-refractivity contribution in [3.05, 3.63) is 29.8 Å². The summed E-state index contributed by atoms with van der Waals surface area (Å²) in [6, 6.07) is 8.24. The summed E-state index contributed by atoms with van der Waals surface area (Å²) < 4.78 is 0. The molecule has 1 aromatic carbocycles. The van der Waals surface area contributed by atoms with Crippen LogP contribution in [0.5, 0.6) is 0 Å². The van der Waals surface area contributed by atoms with Crippen LogP contribution in [0.1, 0.15) is 45.6 Å². The highest BCUT2D eigenvalue weighted by molar-refractivity contribution is 6.00. The van der Waals surface area contributed by atoms with Crippen molar-refractivity contribution in [2.75, 3.05) is 5.32 Å². The van der Waals surface area contributed by atoms with E-state index in [-0.39, 0.29) is 29.1 Å². The molecule has 2 atom stereocenters. The van der Waals surface area contributed by atoms with Gasteiger partial charge in [0.25, 0.3) is 0 Å². The third-order valence-electron chi connectivity index (χ3n) is 4.38. The van der Waals surface area contributed by atoms with E-state index in [0.717, 1.165) is 24.1 Å². The normalized spacial score (nSPS) is 23.8. The Hall–Kier alpha value is -1.84. The highest BCUT2D eigenvalue weighted by Crippen LogP contribution is 2.41. The van der Waals surface area contributed by atoms with Crippen molar-refractivity contribution in [3.8, 4) is 0 Å². The molecule has 3 rings (SSSR count). The van der Waals surface area contributed by atoms with Gasteiger partial charge in [-0.1, -0.05) is 39.0 Å². The number of para-hydroxylation sites is 1. The third kappa shape index (κ3) is 3.32. The van der Waals surface area contributed by atoms with Gasteiger partial charge in [-0.3, -0.25) is 9.59 Å². The number of amides is 2. The fraction of sp³-hybridized carbons (Fsp3) is 0.556. The minimum Gasteiger partial charge on any atom is -0.353 e. The fourth-order valence-electron chi connectivity index (χ4n) is 2.78. The topological polar surface area (TPSA) is 58.2 Å². The monoisotopic (exact) mass is 300 g/mol. The molecular formula is C18H24N2O2. The van der Waals surface area contributed by atoms with E-state index in [0.29, 0.717) is 12.5 Å². The number of rotatable bonds is 4. The van der Waals surface area contributed by atoms with Gasteiger partial charge in [-0.05, 0) is 36.3 Å². The van der Waals surface area contributed by atoms with E-state index < -0.39 is 0 Å². The summed E-state index contributed by atoms with van der Waals surface area (Å²) in [6.07, 6.45) is 2.82. The van der Waals surface area contributed by atoms with Gasteiger partial charge in [0.15, 0.2) is 0 Å². The zero-order valence-corrected chi connectivity index (χ0v) is 13.5. The number of anilines is 1. The van der Waals surface area contributed by atoms with Gasteiger partial charge >= 0.3 is 0 Å². The number of nitrogens with one attached hydrogen (secondary N) is 2. The van der Waals surface area contributed by atoms with Crippen LogP contribution >= 0.6 is 0 Å². The Kier molecular flexibility index (Phi) is 3.71. The molecule has 0 saturated heterocycles. The summed E-state index contributed by atoms with van der Waals surface area (Å²) in [5.74, 6) is -0.298. The van der Waals surface area contributed by atoms with Crippen LogP contribution in [0.2, 0.25) is 0 Å². The summed E-state index contributed by atoms with van der Waals surface area (Å²) in [5.41, 5.74) is 1.94. The average Bonchev–Trinajstić information content (AvgIpc) is 3.32. The SMILES string of the molecule is CC(C)(C)c1ccccc1NC(=O)C1CC1C(=O)NC1CC1. The second-order valence-corrected chi connectivity index (χ2v) is 7.52. The molecule has 0 radical (unpaired) electrons. The maximum absolute atomic E-state index is 12.4. The van der Waals surface area contributed by atoms with Crippen molar-refractivity contribution < 1.29 is 9.59 Å².